The van der Waals surface area contributed by atoms with Crippen LogP contribution in [0.15, 0.2) is 0 Å². The van der Waals surface area contributed by atoms with Gasteiger partial charge in [-0.15, -0.1) is 0 Å². The van der Waals surface area contributed by atoms with Gasteiger partial charge < -0.3 is 5.32 Å². The maximum atomic E-state index is 3.70. The van der Waals surface area contributed by atoms with Crippen LogP contribution in [0.25, 0.3) is 0 Å². The third-order valence-corrected chi connectivity index (χ3v) is 5.60. The number of thioether (sulfide) groups is 1. The van der Waals surface area contributed by atoms with Gasteiger partial charge >= 0.3 is 0 Å². The van der Waals surface area contributed by atoms with E-state index in [-0.39, 0.29) is 0 Å². The summed E-state index contributed by atoms with van der Waals surface area (Å²) in [5.74, 6) is 0. The fourth-order valence-electron chi connectivity index (χ4n) is 3.25. The second-order valence-corrected chi connectivity index (χ2v) is 7.72. The Balaban J connectivity index is 1.97. The average Bonchev–Trinajstić information content (AvgIpc) is 2.76. The molecule has 1 N–H and O–H groups in total. The van der Waals surface area contributed by atoms with Crippen molar-refractivity contribution in [3.05, 3.63) is 0 Å². The fourth-order valence-corrected chi connectivity index (χ4v) is 4.28. The van der Waals surface area contributed by atoms with Crippen molar-refractivity contribution in [3.63, 3.8) is 0 Å². The van der Waals surface area contributed by atoms with Crippen LogP contribution in [0.3, 0.4) is 0 Å². The average molecular weight is 256 g/mol. The van der Waals surface area contributed by atoms with E-state index < -0.39 is 0 Å². The van der Waals surface area contributed by atoms with Crippen molar-refractivity contribution in [1.82, 2.24) is 10.2 Å². The van der Waals surface area contributed by atoms with Crippen LogP contribution in [-0.2, 0) is 0 Å². The second kappa shape index (κ2) is 5.50. The summed E-state index contributed by atoms with van der Waals surface area (Å²) in [6.07, 6.45) is 6.56. The molecule has 3 atom stereocenters. The number of hydrogen-bond donors (Lipinski definition) is 1. The van der Waals surface area contributed by atoms with Gasteiger partial charge in [-0.3, -0.25) is 4.90 Å². The van der Waals surface area contributed by atoms with Crippen molar-refractivity contribution < 1.29 is 0 Å². The van der Waals surface area contributed by atoms with Gasteiger partial charge in [0.2, 0.25) is 0 Å². The highest BCUT2D eigenvalue weighted by Gasteiger charge is 2.36. The highest BCUT2D eigenvalue weighted by Crippen LogP contribution is 2.33. The zero-order valence-corrected chi connectivity index (χ0v) is 12.6. The van der Waals surface area contributed by atoms with Crippen LogP contribution in [0, 0.1) is 5.41 Å². The van der Waals surface area contributed by atoms with Crippen molar-refractivity contribution in [3.8, 4) is 0 Å². The molecule has 0 aromatic carbocycles. The van der Waals surface area contributed by atoms with Crippen LogP contribution in [-0.4, -0.2) is 48.1 Å². The van der Waals surface area contributed by atoms with E-state index >= 15 is 0 Å². The molecule has 2 rings (SSSR count). The predicted octanol–water partition coefficient (Wildman–Crippen LogP) is 2.59. The summed E-state index contributed by atoms with van der Waals surface area (Å²) in [5.41, 5.74) is 0.381. The Labute approximate surface area is 111 Å². The summed E-state index contributed by atoms with van der Waals surface area (Å²) in [6.45, 7) is 10.7. The number of piperazine rings is 1. The Morgan fingerprint density at radius 2 is 2.00 bits per heavy atom. The van der Waals surface area contributed by atoms with Gasteiger partial charge in [-0.25, -0.2) is 0 Å². The predicted molar refractivity (Wildman–Crippen MR) is 77.8 cm³/mol. The molecular formula is C14H28N2S. The summed E-state index contributed by atoms with van der Waals surface area (Å²) in [4.78, 5) is 2.76. The van der Waals surface area contributed by atoms with Crippen LogP contribution < -0.4 is 5.32 Å². The molecule has 2 nitrogen and oxygen atoms in total. The molecule has 0 bridgehead atoms. The fraction of sp³-hybridized carbons (Fsp3) is 1.00. The van der Waals surface area contributed by atoms with Crippen LogP contribution >= 0.6 is 11.8 Å². The molecule has 1 saturated heterocycles. The Bertz CT molecular complexity index is 249. The molecule has 1 saturated carbocycles. The van der Waals surface area contributed by atoms with Gasteiger partial charge in [0.25, 0.3) is 0 Å². The molecule has 1 aliphatic heterocycles. The van der Waals surface area contributed by atoms with E-state index in [1.54, 1.807) is 0 Å². The van der Waals surface area contributed by atoms with E-state index in [0.717, 1.165) is 11.3 Å². The first-order chi connectivity index (χ1) is 8.02. The van der Waals surface area contributed by atoms with Gasteiger partial charge in [0.05, 0.1) is 0 Å². The number of rotatable bonds is 2. The van der Waals surface area contributed by atoms with E-state index in [1.807, 2.05) is 0 Å². The molecule has 2 fully saturated rings. The lowest BCUT2D eigenvalue weighted by Gasteiger charge is -2.44. The second-order valence-electron chi connectivity index (χ2n) is 6.64. The van der Waals surface area contributed by atoms with E-state index in [0.29, 0.717) is 11.5 Å². The van der Waals surface area contributed by atoms with Crippen LogP contribution in [0.5, 0.6) is 0 Å². The van der Waals surface area contributed by atoms with Crippen LogP contribution in [0.4, 0.5) is 0 Å². The Hall–Kier alpha value is 0.270. The van der Waals surface area contributed by atoms with Gasteiger partial charge in [-0.05, 0) is 24.5 Å². The van der Waals surface area contributed by atoms with E-state index in [2.05, 4.69) is 49.0 Å². The van der Waals surface area contributed by atoms with Gasteiger partial charge in [-0.1, -0.05) is 27.2 Å². The Morgan fingerprint density at radius 3 is 2.65 bits per heavy atom. The van der Waals surface area contributed by atoms with Gasteiger partial charge in [0.1, 0.15) is 0 Å². The molecule has 3 heteroatoms. The zero-order valence-electron chi connectivity index (χ0n) is 11.8. The molecule has 1 aliphatic carbocycles. The van der Waals surface area contributed by atoms with Gasteiger partial charge in [0.15, 0.2) is 0 Å². The van der Waals surface area contributed by atoms with E-state index in [1.165, 1.54) is 38.9 Å². The van der Waals surface area contributed by atoms with E-state index in [9.17, 15) is 0 Å². The molecule has 0 aromatic heterocycles. The molecule has 100 valence electrons. The first kappa shape index (κ1) is 13.7. The summed E-state index contributed by atoms with van der Waals surface area (Å²) in [6, 6.07) is 1.50. The van der Waals surface area contributed by atoms with Crippen molar-refractivity contribution in [2.45, 2.75) is 57.4 Å². The lowest BCUT2D eigenvalue weighted by atomic mass is 9.85. The molecule has 0 spiro atoms. The standard InChI is InChI=1S/C14H28N2S/c1-14(2,3)13-10-16(9-8-15-13)11-6-5-7-12(11)17-4/h11-13,15H,5-10H2,1-4H3. The molecule has 1 heterocycles. The van der Waals surface area contributed by atoms with Crippen molar-refractivity contribution in [2.75, 3.05) is 25.9 Å². The van der Waals surface area contributed by atoms with Crippen molar-refractivity contribution >= 4 is 11.8 Å². The minimum absolute atomic E-state index is 0.381. The molecule has 0 radical (unpaired) electrons. The molecule has 3 unspecified atom stereocenters. The minimum atomic E-state index is 0.381. The van der Waals surface area contributed by atoms with E-state index in [4.69, 9.17) is 0 Å². The molecular weight excluding hydrogens is 228 g/mol. The number of nitrogens with one attached hydrogen (secondary N) is 1. The van der Waals surface area contributed by atoms with Gasteiger partial charge in [0, 0.05) is 37.0 Å². The summed E-state index contributed by atoms with van der Waals surface area (Å²) in [5, 5.41) is 4.58. The number of hydrogen-bond acceptors (Lipinski definition) is 3. The Kier molecular flexibility index (Phi) is 4.43. The largest absolute Gasteiger partial charge is 0.311 e. The monoisotopic (exact) mass is 256 g/mol. The third kappa shape index (κ3) is 3.18. The number of nitrogens with zero attached hydrogens (tertiary/aromatic N) is 1. The molecule has 0 aromatic rings. The van der Waals surface area contributed by atoms with Gasteiger partial charge in [-0.2, -0.15) is 11.8 Å². The maximum Gasteiger partial charge on any atom is 0.0244 e. The first-order valence-corrected chi connectivity index (χ1v) is 8.31. The minimum Gasteiger partial charge on any atom is -0.311 e. The van der Waals surface area contributed by atoms with Crippen molar-refractivity contribution in [2.24, 2.45) is 5.41 Å². The highest BCUT2D eigenvalue weighted by molar-refractivity contribution is 7.99. The third-order valence-electron chi connectivity index (χ3n) is 4.44. The van der Waals surface area contributed by atoms with Crippen LogP contribution in [0.2, 0.25) is 0 Å². The van der Waals surface area contributed by atoms with Crippen molar-refractivity contribution in [1.29, 1.82) is 0 Å². The molecule has 0 amide bonds. The molecule has 17 heavy (non-hydrogen) atoms. The lowest BCUT2D eigenvalue weighted by Crippen LogP contribution is -2.59. The maximum absolute atomic E-state index is 3.70. The SMILES string of the molecule is CSC1CCCC1N1CCNC(C(C)(C)C)C1. The quantitative estimate of drug-likeness (QED) is 0.817. The lowest BCUT2D eigenvalue weighted by molar-refractivity contribution is 0.101. The first-order valence-electron chi connectivity index (χ1n) is 7.02. The zero-order chi connectivity index (χ0) is 12.5. The summed E-state index contributed by atoms with van der Waals surface area (Å²) in [7, 11) is 0. The Morgan fingerprint density at radius 1 is 1.24 bits per heavy atom. The molecule has 2 aliphatic rings. The topological polar surface area (TPSA) is 15.3 Å². The normalized spacial score (nSPS) is 36.4. The smallest absolute Gasteiger partial charge is 0.0244 e. The summed E-state index contributed by atoms with van der Waals surface area (Å²) >= 11 is 2.08. The highest BCUT2D eigenvalue weighted by atomic mass is 32.2. The van der Waals surface area contributed by atoms with Crippen LogP contribution in [0.1, 0.15) is 40.0 Å². The summed E-state index contributed by atoms with van der Waals surface area (Å²) < 4.78 is 0.